The maximum atomic E-state index is 12.7. The minimum atomic E-state index is -4.37. The molecule has 3 rings (SSSR count). The predicted octanol–water partition coefficient (Wildman–Crippen LogP) is 4.22. The van der Waals surface area contributed by atoms with E-state index in [-0.39, 0.29) is 5.56 Å². The van der Waals surface area contributed by atoms with Crippen molar-refractivity contribution in [1.29, 1.82) is 0 Å². The Bertz CT molecular complexity index is 966. The largest absolute Gasteiger partial charge is 0.416 e. The Labute approximate surface area is 142 Å². The minimum Gasteiger partial charge on any atom is -0.289 e. The molecule has 0 spiro atoms. The van der Waals surface area contributed by atoms with Gasteiger partial charge >= 0.3 is 6.18 Å². The first kappa shape index (κ1) is 17.3. The second kappa shape index (κ2) is 6.06. The van der Waals surface area contributed by atoms with Crippen molar-refractivity contribution in [3.8, 4) is 11.3 Å². The molecule has 2 aromatic heterocycles. The standard InChI is InChI=1S/C18H18F3N3O/c1-10(2)8-14-11(3)22-16-9-15(23-24(16)17(14)25)12-4-6-13(7-5-12)18(19,20)21/h4-7,9-10,23H,8H2,1-3H3. The van der Waals surface area contributed by atoms with Crippen LogP contribution in [0.15, 0.2) is 35.1 Å². The molecule has 0 saturated heterocycles. The molecule has 0 radical (unpaired) electrons. The van der Waals surface area contributed by atoms with Crippen LogP contribution in [-0.4, -0.2) is 14.6 Å². The van der Waals surface area contributed by atoms with Crippen molar-refractivity contribution in [3.05, 3.63) is 57.5 Å². The summed E-state index contributed by atoms with van der Waals surface area (Å²) in [5, 5.41) is 2.94. The van der Waals surface area contributed by atoms with Crippen molar-refractivity contribution in [1.82, 2.24) is 14.6 Å². The smallest absolute Gasteiger partial charge is 0.289 e. The molecule has 132 valence electrons. The summed E-state index contributed by atoms with van der Waals surface area (Å²) >= 11 is 0. The molecule has 2 heterocycles. The number of fused-ring (bicyclic) bond motifs is 1. The molecule has 1 aromatic carbocycles. The summed E-state index contributed by atoms with van der Waals surface area (Å²) in [6, 6.07) is 6.45. The first-order chi connectivity index (χ1) is 11.7. The fourth-order valence-electron chi connectivity index (χ4n) is 2.80. The lowest BCUT2D eigenvalue weighted by Crippen LogP contribution is -2.23. The average Bonchev–Trinajstić information content (AvgIpc) is 2.94. The lowest BCUT2D eigenvalue weighted by Gasteiger charge is -2.07. The number of alkyl halides is 3. The molecule has 1 N–H and O–H groups in total. The third-order valence-corrected chi connectivity index (χ3v) is 4.05. The summed E-state index contributed by atoms with van der Waals surface area (Å²) in [4.78, 5) is 17.1. The maximum absolute atomic E-state index is 12.7. The molecular weight excluding hydrogens is 331 g/mol. The fourth-order valence-corrected chi connectivity index (χ4v) is 2.80. The van der Waals surface area contributed by atoms with Gasteiger partial charge in [0, 0.05) is 17.3 Å². The molecule has 25 heavy (non-hydrogen) atoms. The van der Waals surface area contributed by atoms with Gasteiger partial charge in [0.2, 0.25) is 0 Å². The molecule has 0 unspecified atom stereocenters. The van der Waals surface area contributed by atoms with Gasteiger partial charge in [0.1, 0.15) is 0 Å². The van der Waals surface area contributed by atoms with Crippen LogP contribution in [0.3, 0.4) is 0 Å². The van der Waals surface area contributed by atoms with Crippen molar-refractivity contribution in [2.45, 2.75) is 33.4 Å². The number of rotatable bonds is 3. The normalized spacial score (nSPS) is 12.3. The van der Waals surface area contributed by atoms with Crippen LogP contribution in [0.4, 0.5) is 13.2 Å². The third kappa shape index (κ3) is 3.31. The first-order valence-corrected chi connectivity index (χ1v) is 7.95. The number of aryl methyl sites for hydroxylation is 1. The topological polar surface area (TPSA) is 50.2 Å². The molecular formula is C18H18F3N3O. The van der Waals surface area contributed by atoms with Crippen LogP contribution in [0, 0.1) is 12.8 Å². The van der Waals surface area contributed by atoms with Crippen LogP contribution in [0.1, 0.15) is 30.7 Å². The number of aromatic amines is 1. The van der Waals surface area contributed by atoms with Crippen LogP contribution < -0.4 is 5.56 Å². The van der Waals surface area contributed by atoms with E-state index in [0.717, 1.165) is 12.1 Å². The minimum absolute atomic E-state index is 0.172. The van der Waals surface area contributed by atoms with Gasteiger partial charge in [-0.25, -0.2) is 9.50 Å². The molecule has 4 nitrogen and oxygen atoms in total. The number of nitrogens with zero attached hydrogens (tertiary/aromatic N) is 2. The zero-order valence-electron chi connectivity index (χ0n) is 14.1. The van der Waals surface area contributed by atoms with Gasteiger partial charge in [0.15, 0.2) is 5.65 Å². The summed E-state index contributed by atoms with van der Waals surface area (Å²) in [5.74, 6) is 0.315. The second-order valence-corrected chi connectivity index (χ2v) is 6.52. The highest BCUT2D eigenvalue weighted by Crippen LogP contribution is 2.30. The summed E-state index contributed by atoms with van der Waals surface area (Å²) < 4.78 is 39.4. The van der Waals surface area contributed by atoms with Gasteiger partial charge in [-0.3, -0.25) is 9.89 Å². The number of H-pyrrole nitrogens is 1. The number of aromatic nitrogens is 3. The van der Waals surface area contributed by atoms with Crippen LogP contribution in [0.2, 0.25) is 0 Å². The van der Waals surface area contributed by atoms with E-state index in [4.69, 9.17) is 0 Å². The molecule has 0 amide bonds. The molecule has 0 fully saturated rings. The van der Waals surface area contributed by atoms with E-state index in [1.165, 1.54) is 16.6 Å². The van der Waals surface area contributed by atoms with Crippen LogP contribution in [-0.2, 0) is 12.6 Å². The fraction of sp³-hybridized carbons (Fsp3) is 0.333. The maximum Gasteiger partial charge on any atom is 0.416 e. The quantitative estimate of drug-likeness (QED) is 0.770. The van der Waals surface area contributed by atoms with Gasteiger partial charge in [-0.05, 0) is 37.0 Å². The number of hydrogen-bond acceptors (Lipinski definition) is 2. The van der Waals surface area contributed by atoms with Crippen molar-refractivity contribution >= 4 is 5.65 Å². The molecule has 0 aliphatic rings. The summed E-state index contributed by atoms with van der Waals surface area (Å²) in [5.41, 5.74) is 1.99. The Balaban J connectivity index is 2.07. The average molecular weight is 349 g/mol. The molecule has 0 aliphatic carbocycles. The summed E-state index contributed by atoms with van der Waals surface area (Å²) in [6.45, 7) is 5.84. The van der Waals surface area contributed by atoms with Crippen molar-refractivity contribution < 1.29 is 13.2 Å². The SMILES string of the molecule is Cc1nc2cc(-c3ccc(C(F)(F)F)cc3)[nH]n2c(=O)c1CC(C)C. The monoisotopic (exact) mass is 349 g/mol. The molecule has 7 heteroatoms. The van der Waals surface area contributed by atoms with Crippen molar-refractivity contribution in [2.75, 3.05) is 0 Å². The lowest BCUT2D eigenvalue weighted by atomic mass is 10.0. The van der Waals surface area contributed by atoms with E-state index in [1.807, 2.05) is 13.8 Å². The van der Waals surface area contributed by atoms with E-state index in [1.54, 1.807) is 13.0 Å². The zero-order valence-corrected chi connectivity index (χ0v) is 14.1. The predicted molar refractivity (Wildman–Crippen MR) is 89.5 cm³/mol. The van der Waals surface area contributed by atoms with Gasteiger partial charge in [-0.2, -0.15) is 13.2 Å². The van der Waals surface area contributed by atoms with Crippen LogP contribution in [0.5, 0.6) is 0 Å². The summed E-state index contributed by atoms with van der Waals surface area (Å²) in [6.07, 6.45) is -3.75. The summed E-state index contributed by atoms with van der Waals surface area (Å²) in [7, 11) is 0. The molecule has 0 atom stereocenters. The van der Waals surface area contributed by atoms with Gasteiger partial charge in [-0.1, -0.05) is 26.0 Å². The first-order valence-electron chi connectivity index (χ1n) is 7.95. The Morgan fingerprint density at radius 1 is 1.20 bits per heavy atom. The highest BCUT2D eigenvalue weighted by molar-refractivity contribution is 5.64. The van der Waals surface area contributed by atoms with Gasteiger partial charge < -0.3 is 0 Å². The molecule has 0 saturated carbocycles. The molecule has 0 aliphatic heterocycles. The van der Waals surface area contributed by atoms with Gasteiger partial charge in [0.25, 0.3) is 5.56 Å². The van der Waals surface area contributed by atoms with E-state index < -0.39 is 11.7 Å². The number of benzene rings is 1. The Kier molecular flexibility index (Phi) is 4.18. The van der Waals surface area contributed by atoms with Crippen molar-refractivity contribution in [2.24, 2.45) is 5.92 Å². The second-order valence-electron chi connectivity index (χ2n) is 6.52. The number of hydrogen-bond donors (Lipinski definition) is 1. The van der Waals surface area contributed by atoms with E-state index in [0.29, 0.717) is 40.5 Å². The van der Waals surface area contributed by atoms with Crippen LogP contribution in [0.25, 0.3) is 16.9 Å². The van der Waals surface area contributed by atoms with Gasteiger partial charge in [-0.15, -0.1) is 0 Å². The highest BCUT2D eigenvalue weighted by Gasteiger charge is 2.30. The molecule has 0 bridgehead atoms. The van der Waals surface area contributed by atoms with Crippen molar-refractivity contribution in [3.63, 3.8) is 0 Å². The van der Waals surface area contributed by atoms with Crippen LogP contribution >= 0.6 is 0 Å². The Morgan fingerprint density at radius 3 is 2.40 bits per heavy atom. The number of halogens is 3. The molecule has 3 aromatic rings. The highest BCUT2D eigenvalue weighted by atomic mass is 19.4. The Morgan fingerprint density at radius 2 is 1.84 bits per heavy atom. The Hall–Kier alpha value is -2.57. The zero-order chi connectivity index (χ0) is 18.4. The third-order valence-electron chi connectivity index (χ3n) is 4.05. The van der Waals surface area contributed by atoms with E-state index in [2.05, 4.69) is 10.1 Å². The van der Waals surface area contributed by atoms with Gasteiger partial charge in [0.05, 0.1) is 11.3 Å². The van der Waals surface area contributed by atoms with E-state index in [9.17, 15) is 18.0 Å². The van der Waals surface area contributed by atoms with E-state index >= 15 is 0 Å². The lowest BCUT2D eigenvalue weighted by molar-refractivity contribution is -0.137. The number of nitrogens with one attached hydrogen (secondary N) is 1.